The molecule has 0 aliphatic heterocycles. The zero-order chi connectivity index (χ0) is 14.8. The summed E-state index contributed by atoms with van der Waals surface area (Å²) in [5, 5.41) is 12.9. The molecule has 0 spiro atoms. The number of nitrogens with zero attached hydrogens (tertiary/aromatic N) is 1. The smallest absolute Gasteiger partial charge is 0.106 e. The first-order chi connectivity index (χ1) is 9.62. The molecule has 0 aromatic carbocycles. The summed E-state index contributed by atoms with van der Waals surface area (Å²) in [6, 6.07) is 3.04. The minimum atomic E-state index is -0.349. The van der Waals surface area contributed by atoms with Gasteiger partial charge in [0.15, 0.2) is 0 Å². The van der Waals surface area contributed by atoms with Crippen molar-refractivity contribution in [2.75, 3.05) is 26.4 Å². The lowest BCUT2D eigenvalue weighted by Gasteiger charge is -2.26. The quantitative estimate of drug-likeness (QED) is 0.559. The van der Waals surface area contributed by atoms with Crippen LogP contribution in [0.2, 0.25) is 0 Å². The molecule has 0 amide bonds. The van der Waals surface area contributed by atoms with Gasteiger partial charge >= 0.3 is 0 Å². The highest BCUT2D eigenvalue weighted by molar-refractivity contribution is 5.09. The minimum absolute atomic E-state index is 0.349. The molecule has 0 aromatic heterocycles. The van der Waals surface area contributed by atoms with Crippen molar-refractivity contribution in [1.82, 2.24) is 5.32 Å². The average Bonchev–Trinajstić information content (AvgIpc) is 3.24. The van der Waals surface area contributed by atoms with E-state index in [2.05, 4.69) is 32.2 Å². The monoisotopic (exact) mass is 282 g/mol. The van der Waals surface area contributed by atoms with E-state index in [1.165, 1.54) is 12.8 Å². The third kappa shape index (κ3) is 7.23. The predicted octanol–water partition coefficient (Wildman–Crippen LogP) is 2.88. The van der Waals surface area contributed by atoms with Gasteiger partial charge in [-0.15, -0.1) is 0 Å². The number of nitrogens with one attached hydrogen (secondary N) is 1. The molecule has 1 unspecified atom stereocenters. The first kappa shape index (κ1) is 17.4. The molecule has 0 aromatic rings. The lowest BCUT2D eigenvalue weighted by Crippen LogP contribution is -2.44. The van der Waals surface area contributed by atoms with Crippen molar-refractivity contribution in [3.63, 3.8) is 0 Å². The molecule has 0 heterocycles. The van der Waals surface area contributed by atoms with Gasteiger partial charge in [0, 0.05) is 19.3 Å². The van der Waals surface area contributed by atoms with Crippen LogP contribution in [0.4, 0.5) is 0 Å². The second-order valence-electron chi connectivity index (χ2n) is 6.15. The van der Waals surface area contributed by atoms with Gasteiger partial charge in [0.1, 0.15) is 5.54 Å². The molecule has 0 bridgehead atoms. The zero-order valence-corrected chi connectivity index (χ0v) is 13.3. The zero-order valence-electron chi connectivity index (χ0n) is 13.3. The maximum absolute atomic E-state index is 9.40. The Morgan fingerprint density at radius 3 is 2.50 bits per heavy atom. The van der Waals surface area contributed by atoms with Gasteiger partial charge in [-0.25, -0.2) is 0 Å². The number of hydrogen-bond acceptors (Lipinski definition) is 4. The third-order valence-corrected chi connectivity index (χ3v) is 3.59. The molecule has 1 fully saturated rings. The molecule has 1 aliphatic carbocycles. The van der Waals surface area contributed by atoms with E-state index in [9.17, 15) is 5.26 Å². The summed E-state index contributed by atoms with van der Waals surface area (Å²) in [6.45, 7) is 9.17. The van der Waals surface area contributed by atoms with E-state index in [1.54, 1.807) is 0 Å². The molecule has 1 rings (SSSR count). The Labute approximate surface area is 123 Å². The van der Waals surface area contributed by atoms with Crippen LogP contribution in [-0.4, -0.2) is 38.0 Å². The fourth-order valence-corrected chi connectivity index (χ4v) is 2.15. The lowest BCUT2D eigenvalue weighted by molar-refractivity contribution is 0.0354. The minimum Gasteiger partial charge on any atom is -0.379 e. The first-order valence-electron chi connectivity index (χ1n) is 7.96. The Balaban J connectivity index is 2.04. The highest BCUT2D eigenvalue weighted by Crippen LogP contribution is 2.26. The van der Waals surface area contributed by atoms with Crippen LogP contribution in [0, 0.1) is 17.2 Å². The van der Waals surface area contributed by atoms with Crippen LogP contribution < -0.4 is 5.32 Å². The maximum Gasteiger partial charge on any atom is 0.106 e. The van der Waals surface area contributed by atoms with Crippen molar-refractivity contribution in [1.29, 1.82) is 5.26 Å². The first-order valence-corrected chi connectivity index (χ1v) is 7.96. The molecule has 4 heteroatoms. The molecule has 1 aliphatic rings. The van der Waals surface area contributed by atoms with E-state index in [0.717, 1.165) is 25.9 Å². The standard InChI is InChI=1S/C16H30N2O2/c1-4-16(13-17,18-15-6-7-15)8-5-9-19-10-11-20-12-14(2)3/h14-15,18H,4-12H2,1-3H3. The molecule has 0 radical (unpaired) electrons. The summed E-state index contributed by atoms with van der Waals surface area (Å²) in [6.07, 6.45) is 5.08. The summed E-state index contributed by atoms with van der Waals surface area (Å²) >= 11 is 0. The average molecular weight is 282 g/mol. The Morgan fingerprint density at radius 1 is 1.25 bits per heavy atom. The predicted molar refractivity (Wildman–Crippen MR) is 80.5 cm³/mol. The largest absolute Gasteiger partial charge is 0.379 e. The molecule has 1 saturated carbocycles. The second kappa shape index (κ2) is 9.33. The van der Waals surface area contributed by atoms with Gasteiger partial charge in [-0.05, 0) is 38.0 Å². The van der Waals surface area contributed by atoms with Crippen molar-refractivity contribution in [3.05, 3.63) is 0 Å². The number of hydrogen-bond donors (Lipinski definition) is 1. The van der Waals surface area contributed by atoms with Crippen LogP contribution in [-0.2, 0) is 9.47 Å². The fraction of sp³-hybridized carbons (Fsp3) is 0.938. The molecular weight excluding hydrogens is 252 g/mol. The Kier molecular flexibility index (Phi) is 8.13. The van der Waals surface area contributed by atoms with Gasteiger partial charge in [0.25, 0.3) is 0 Å². The normalized spacial score (nSPS) is 17.9. The summed E-state index contributed by atoms with van der Waals surface area (Å²) in [5.41, 5.74) is -0.349. The van der Waals surface area contributed by atoms with E-state index < -0.39 is 0 Å². The molecule has 1 N–H and O–H groups in total. The Bertz CT molecular complexity index is 297. The molecular formula is C16H30N2O2. The molecule has 4 nitrogen and oxygen atoms in total. The molecule has 116 valence electrons. The highest BCUT2D eigenvalue weighted by atomic mass is 16.5. The summed E-state index contributed by atoms with van der Waals surface area (Å²) < 4.78 is 11.0. The van der Waals surface area contributed by atoms with Crippen molar-refractivity contribution in [2.24, 2.45) is 5.92 Å². The van der Waals surface area contributed by atoms with Gasteiger partial charge < -0.3 is 9.47 Å². The summed E-state index contributed by atoms with van der Waals surface area (Å²) in [7, 11) is 0. The van der Waals surface area contributed by atoms with E-state index in [4.69, 9.17) is 9.47 Å². The van der Waals surface area contributed by atoms with Crippen molar-refractivity contribution in [2.45, 2.75) is 64.5 Å². The van der Waals surface area contributed by atoms with Crippen molar-refractivity contribution < 1.29 is 9.47 Å². The van der Waals surface area contributed by atoms with Crippen LogP contribution in [0.5, 0.6) is 0 Å². The van der Waals surface area contributed by atoms with E-state index >= 15 is 0 Å². The van der Waals surface area contributed by atoms with Crippen molar-refractivity contribution >= 4 is 0 Å². The summed E-state index contributed by atoms with van der Waals surface area (Å²) in [5.74, 6) is 0.573. The number of ether oxygens (including phenoxy) is 2. The summed E-state index contributed by atoms with van der Waals surface area (Å²) in [4.78, 5) is 0. The van der Waals surface area contributed by atoms with Gasteiger partial charge in [0.2, 0.25) is 0 Å². The highest BCUT2D eigenvalue weighted by Gasteiger charge is 2.34. The topological polar surface area (TPSA) is 54.3 Å². The van der Waals surface area contributed by atoms with Crippen LogP contribution in [0.25, 0.3) is 0 Å². The van der Waals surface area contributed by atoms with E-state index in [-0.39, 0.29) is 5.54 Å². The van der Waals surface area contributed by atoms with Gasteiger partial charge in [-0.1, -0.05) is 20.8 Å². The van der Waals surface area contributed by atoms with Gasteiger partial charge in [-0.3, -0.25) is 5.32 Å². The second-order valence-corrected chi connectivity index (χ2v) is 6.15. The van der Waals surface area contributed by atoms with Crippen molar-refractivity contribution in [3.8, 4) is 6.07 Å². The molecule has 0 saturated heterocycles. The van der Waals surface area contributed by atoms with E-state index in [1.807, 2.05) is 0 Å². The maximum atomic E-state index is 9.40. The molecule has 1 atom stereocenters. The Morgan fingerprint density at radius 2 is 1.95 bits per heavy atom. The van der Waals surface area contributed by atoms with Crippen LogP contribution in [0.3, 0.4) is 0 Å². The van der Waals surface area contributed by atoms with Crippen LogP contribution in [0.15, 0.2) is 0 Å². The number of rotatable bonds is 12. The number of nitriles is 1. The third-order valence-electron chi connectivity index (χ3n) is 3.59. The van der Waals surface area contributed by atoms with Gasteiger partial charge in [0.05, 0.1) is 19.3 Å². The van der Waals surface area contributed by atoms with Crippen LogP contribution >= 0.6 is 0 Å². The van der Waals surface area contributed by atoms with Crippen LogP contribution in [0.1, 0.15) is 52.9 Å². The SMILES string of the molecule is CCC(C#N)(CCCOCCOCC(C)C)NC1CC1. The van der Waals surface area contributed by atoms with E-state index in [0.29, 0.717) is 31.8 Å². The Hall–Kier alpha value is -0.630. The fourth-order valence-electron chi connectivity index (χ4n) is 2.15. The lowest BCUT2D eigenvalue weighted by atomic mass is 9.92. The van der Waals surface area contributed by atoms with Gasteiger partial charge in [-0.2, -0.15) is 5.26 Å². The molecule has 20 heavy (non-hydrogen) atoms.